The van der Waals surface area contributed by atoms with Gasteiger partial charge >= 0.3 is 0 Å². The molecule has 0 saturated carbocycles. The molecule has 0 aromatic carbocycles. The predicted octanol–water partition coefficient (Wildman–Crippen LogP) is 2.61. The summed E-state index contributed by atoms with van der Waals surface area (Å²) >= 11 is 0. The maximum Gasteiger partial charge on any atom is 0.0831 e. The number of aromatic nitrogens is 4. The number of hydrogen-bond donors (Lipinski definition) is 1. The standard InChI is InChI=1S/C16H27N5/c1-7-14-9-15(20(8-2)19-14)10-21-13(5)16(11(3)17-6)12(4)18-21/h9,11,17H,7-8,10H2,1-6H3. The zero-order valence-corrected chi connectivity index (χ0v) is 14.1. The van der Waals surface area contributed by atoms with Crippen molar-refractivity contribution < 1.29 is 0 Å². The van der Waals surface area contributed by atoms with Gasteiger partial charge in [0.15, 0.2) is 0 Å². The summed E-state index contributed by atoms with van der Waals surface area (Å²) < 4.78 is 4.18. The largest absolute Gasteiger partial charge is 0.313 e. The fourth-order valence-electron chi connectivity index (χ4n) is 2.88. The Morgan fingerprint density at radius 1 is 1.19 bits per heavy atom. The van der Waals surface area contributed by atoms with E-state index in [1.807, 2.05) is 7.05 Å². The lowest BCUT2D eigenvalue weighted by Gasteiger charge is -2.11. The molecule has 0 aliphatic rings. The highest BCUT2D eigenvalue weighted by molar-refractivity contribution is 5.28. The van der Waals surface area contributed by atoms with Gasteiger partial charge in [-0.1, -0.05) is 6.92 Å². The van der Waals surface area contributed by atoms with Gasteiger partial charge in [-0.05, 0) is 47.2 Å². The summed E-state index contributed by atoms with van der Waals surface area (Å²) in [5, 5.41) is 12.6. The Morgan fingerprint density at radius 3 is 2.48 bits per heavy atom. The van der Waals surface area contributed by atoms with Crippen LogP contribution in [0.4, 0.5) is 0 Å². The SMILES string of the molecule is CCc1cc(Cn2nc(C)c(C(C)NC)c2C)n(CC)n1. The van der Waals surface area contributed by atoms with Gasteiger partial charge < -0.3 is 5.32 Å². The minimum Gasteiger partial charge on any atom is -0.313 e. The van der Waals surface area contributed by atoms with Crippen molar-refractivity contribution in [3.63, 3.8) is 0 Å². The molecule has 5 nitrogen and oxygen atoms in total. The molecule has 2 aromatic heterocycles. The van der Waals surface area contributed by atoms with Crippen LogP contribution in [0.1, 0.15) is 55.2 Å². The van der Waals surface area contributed by atoms with Crippen LogP contribution in [-0.2, 0) is 19.5 Å². The molecule has 2 heterocycles. The van der Waals surface area contributed by atoms with Crippen LogP contribution in [0.3, 0.4) is 0 Å². The van der Waals surface area contributed by atoms with E-state index >= 15 is 0 Å². The van der Waals surface area contributed by atoms with Gasteiger partial charge in [0, 0.05) is 23.8 Å². The topological polar surface area (TPSA) is 47.7 Å². The van der Waals surface area contributed by atoms with Gasteiger partial charge in [-0.2, -0.15) is 10.2 Å². The molecule has 0 amide bonds. The van der Waals surface area contributed by atoms with Crippen molar-refractivity contribution in [2.24, 2.45) is 0 Å². The van der Waals surface area contributed by atoms with E-state index in [1.54, 1.807) is 0 Å². The lowest BCUT2D eigenvalue weighted by molar-refractivity contribution is 0.564. The summed E-state index contributed by atoms with van der Waals surface area (Å²) in [5.74, 6) is 0. The van der Waals surface area contributed by atoms with Crippen molar-refractivity contribution in [1.29, 1.82) is 0 Å². The van der Waals surface area contributed by atoms with E-state index < -0.39 is 0 Å². The normalized spacial score (nSPS) is 12.9. The summed E-state index contributed by atoms with van der Waals surface area (Å²) in [4.78, 5) is 0. The zero-order chi connectivity index (χ0) is 15.6. The molecule has 21 heavy (non-hydrogen) atoms. The maximum absolute atomic E-state index is 4.72. The highest BCUT2D eigenvalue weighted by atomic mass is 15.3. The van der Waals surface area contributed by atoms with Crippen LogP contribution in [0.5, 0.6) is 0 Å². The Balaban J connectivity index is 2.34. The number of aryl methyl sites for hydroxylation is 3. The molecule has 2 aromatic rings. The minimum absolute atomic E-state index is 0.320. The van der Waals surface area contributed by atoms with Crippen molar-refractivity contribution in [1.82, 2.24) is 24.9 Å². The second-order valence-corrected chi connectivity index (χ2v) is 5.55. The van der Waals surface area contributed by atoms with E-state index in [1.165, 1.54) is 17.0 Å². The Kier molecular flexibility index (Phi) is 4.83. The third-order valence-electron chi connectivity index (χ3n) is 4.19. The first-order valence-electron chi connectivity index (χ1n) is 7.78. The second-order valence-electron chi connectivity index (χ2n) is 5.55. The van der Waals surface area contributed by atoms with Gasteiger partial charge in [-0.25, -0.2) is 0 Å². The van der Waals surface area contributed by atoms with Gasteiger partial charge in [0.05, 0.1) is 23.6 Å². The molecule has 116 valence electrons. The van der Waals surface area contributed by atoms with E-state index in [-0.39, 0.29) is 0 Å². The van der Waals surface area contributed by atoms with E-state index in [2.05, 4.69) is 60.5 Å². The van der Waals surface area contributed by atoms with Crippen molar-refractivity contribution in [3.05, 3.63) is 34.4 Å². The Hall–Kier alpha value is -1.62. The van der Waals surface area contributed by atoms with Crippen LogP contribution in [0.2, 0.25) is 0 Å². The summed E-state index contributed by atoms with van der Waals surface area (Å²) in [5.41, 5.74) is 6.01. The summed E-state index contributed by atoms with van der Waals surface area (Å²) in [6.45, 7) is 12.4. The average molecular weight is 289 g/mol. The average Bonchev–Trinajstić information content (AvgIpc) is 3.00. The Labute approximate surface area is 127 Å². The Bertz CT molecular complexity index is 608. The van der Waals surface area contributed by atoms with Crippen LogP contribution < -0.4 is 5.32 Å². The minimum atomic E-state index is 0.320. The van der Waals surface area contributed by atoms with E-state index in [4.69, 9.17) is 5.10 Å². The third-order valence-corrected chi connectivity index (χ3v) is 4.19. The molecule has 0 spiro atoms. The van der Waals surface area contributed by atoms with Gasteiger partial charge in [-0.15, -0.1) is 0 Å². The van der Waals surface area contributed by atoms with Crippen molar-refractivity contribution in [3.8, 4) is 0 Å². The van der Waals surface area contributed by atoms with E-state index in [0.717, 1.165) is 30.9 Å². The van der Waals surface area contributed by atoms with Crippen molar-refractivity contribution >= 4 is 0 Å². The quantitative estimate of drug-likeness (QED) is 0.889. The van der Waals surface area contributed by atoms with E-state index in [9.17, 15) is 0 Å². The Morgan fingerprint density at radius 2 is 1.90 bits per heavy atom. The molecule has 0 saturated heterocycles. The molecule has 0 radical (unpaired) electrons. The van der Waals surface area contributed by atoms with Gasteiger partial charge in [0.25, 0.3) is 0 Å². The number of nitrogens with zero attached hydrogens (tertiary/aromatic N) is 4. The fraction of sp³-hybridized carbons (Fsp3) is 0.625. The lowest BCUT2D eigenvalue weighted by Crippen LogP contribution is -2.15. The smallest absolute Gasteiger partial charge is 0.0831 e. The fourth-order valence-corrected chi connectivity index (χ4v) is 2.88. The van der Waals surface area contributed by atoms with Crippen molar-refractivity contribution in [2.75, 3.05) is 7.05 Å². The van der Waals surface area contributed by atoms with Crippen LogP contribution in [-0.4, -0.2) is 26.6 Å². The zero-order valence-electron chi connectivity index (χ0n) is 14.1. The number of rotatable bonds is 6. The molecule has 0 aliphatic heterocycles. The van der Waals surface area contributed by atoms with Crippen LogP contribution >= 0.6 is 0 Å². The first-order valence-corrected chi connectivity index (χ1v) is 7.78. The van der Waals surface area contributed by atoms with Crippen LogP contribution in [0, 0.1) is 13.8 Å². The molecule has 0 bridgehead atoms. The van der Waals surface area contributed by atoms with Gasteiger partial charge in [0.1, 0.15) is 0 Å². The first kappa shape index (κ1) is 15.8. The molecule has 0 fully saturated rings. The molecular weight excluding hydrogens is 262 g/mol. The molecule has 1 atom stereocenters. The molecule has 5 heteroatoms. The summed E-state index contributed by atoms with van der Waals surface area (Å²) in [7, 11) is 1.99. The molecule has 1 unspecified atom stereocenters. The number of nitrogens with one attached hydrogen (secondary N) is 1. The monoisotopic (exact) mass is 289 g/mol. The predicted molar refractivity (Wildman–Crippen MR) is 85.6 cm³/mol. The second kappa shape index (κ2) is 6.43. The molecular formula is C16H27N5. The van der Waals surface area contributed by atoms with Crippen molar-refractivity contribution in [2.45, 2.75) is 60.2 Å². The molecule has 0 aliphatic carbocycles. The first-order chi connectivity index (χ1) is 10.0. The van der Waals surface area contributed by atoms with Crippen LogP contribution in [0.25, 0.3) is 0 Å². The highest BCUT2D eigenvalue weighted by Crippen LogP contribution is 2.21. The third kappa shape index (κ3) is 3.02. The highest BCUT2D eigenvalue weighted by Gasteiger charge is 2.17. The number of hydrogen-bond acceptors (Lipinski definition) is 3. The van der Waals surface area contributed by atoms with E-state index in [0.29, 0.717) is 6.04 Å². The summed E-state index contributed by atoms with van der Waals surface area (Å²) in [6.07, 6.45) is 0.971. The van der Waals surface area contributed by atoms with Crippen LogP contribution in [0.15, 0.2) is 6.07 Å². The summed E-state index contributed by atoms with van der Waals surface area (Å²) in [6, 6.07) is 2.52. The van der Waals surface area contributed by atoms with Gasteiger partial charge in [0.2, 0.25) is 0 Å². The maximum atomic E-state index is 4.72. The lowest BCUT2D eigenvalue weighted by atomic mass is 10.1. The van der Waals surface area contributed by atoms with Gasteiger partial charge in [-0.3, -0.25) is 9.36 Å². The molecule has 2 rings (SSSR count). The molecule has 1 N–H and O–H groups in total.